The predicted molar refractivity (Wildman–Crippen MR) is 39.9 cm³/mol. The molecule has 66 valence electrons. The minimum Gasteiger partial charge on any atom is -0.433 e. The molecule has 0 spiro atoms. The van der Waals surface area contributed by atoms with Crippen molar-refractivity contribution in [2.75, 3.05) is 0 Å². The van der Waals surface area contributed by atoms with E-state index in [0.29, 0.717) is 18.3 Å². The van der Waals surface area contributed by atoms with Crippen molar-refractivity contribution in [1.29, 1.82) is 0 Å². The van der Waals surface area contributed by atoms with Gasteiger partial charge in [0.25, 0.3) is 0 Å². The molecule has 0 radical (unpaired) electrons. The summed E-state index contributed by atoms with van der Waals surface area (Å²) >= 11 is 0. The predicted octanol–water partition coefficient (Wildman–Crippen LogP) is 0.524. The third-order valence-corrected chi connectivity index (χ3v) is 3.98. The van der Waals surface area contributed by atoms with E-state index >= 15 is 0 Å². The molecule has 0 aromatic rings. The van der Waals surface area contributed by atoms with Gasteiger partial charge >= 0.3 is 5.97 Å². The fourth-order valence-electron chi connectivity index (χ4n) is 3.35. The second-order valence-corrected chi connectivity index (χ2v) is 4.46. The minimum atomic E-state index is -1.07. The lowest BCUT2D eigenvalue weighted by Gasteiger charge is -2.26. The van der Waals surface area contributed by atoms with Crippen LogP contribution in [0.25, 0.3) is 0 Å². The first-order valence-electron chi connectivity index (χ1n) is 4.57. The molecule has 2 aliphatic carbocycles. The van der Waals surface area contributed by atoms with Gasteiger partial charge in [-0.15, -0.1) is 0 Å². The highest BCUT2D eigenvalue weighted by Crippen LogP contribution is 2.61. The highest BCUT2D eigenvalue weighted by molar-refractivity contribution is 5.77. The van der Waals surface area contributed by atoms with Crippen LogP contribution in [0.2, 0.25) is 0 Å². The largest absolute Gasteiger partial charge is 0.433 e. The van der Waals surface area contributed by atoms with E-state index in [0.717, 1.165) is 6.42 Å². The molecular formula is C9H12O3. The molecule has 3 aliphatic rings. The molecule has 1 aliphatic heterocycles. The first-order valence-corrected chi connectivity index (χ1v) is 4.57. The minimum absolute atomic E-state index is 0.00579. The maximum Gasteiger partial charge on any atom is 0.312 e. The van der Waals surface area contributed by atoms with Crippen LogP contribution < -0.4 is 0 Å². The van der Waals surface area contributed by atoms with Gasteiger partial charge in [-0.2, -0.15) is 0 Å². The molecule has 1 heterocycles. The molecule has 2 bridgehead atoms. The van der Waals surface area contributed by atoms with Crippen molar-refractivity contribution in [1.82, 2.24) is 0 Å². The maximum atomic E-state index is 11.3. The van der Waals surface area contributed by atoms with Gasteiger partial charge in [-0.05, 0) is 18.3 Å². The zero-order valence-electron chi connectivity index (χ0n) is 6.99. The van der Waals surface area contributed by atoms with E-state index in [1.807, 2.05) is 0 Å². The van der Waals surface area contributed by atoms with Crippen LogP contribution in [0.3, 0.4) is 0 Å². The smallest absolute Gasteiger partial charge is 0.312 e. The van der Waals surface area contributed by atoms with E-state index in [4.69, 9.17) is 4.74 Å². The van der Waals surface area contributed by atoms with Crippen molar-refractivity contribution in [2.45, 2.75) is 25.6 Å². The third kappa shape index (κ3) is 0.534. The normalized spacial score (nSPS) is 61.0. The van der Waals surface area contributed by atoms with Crippen LogP contribution in [0.1, 0.15) is 19.8 Å². The lowest BCUT2D eigenvalue weighted by atomic mass is 9.80. The molecule has 0 aromatic heterocycles. The Balaban J connectivity index is 2.09. The van der Waals surface area contributed by atoms with Gasteiger partial charge in [0, 0.05) is 12.3 Å². The summed E-state index contributed by atoms with van der Waals surface area (Å²) in [7, 11) is 0. The van der Waals surface area contributed by atoms with Gasteiger partial charge in [-0.1, -0.05) is 6.92 Å². The second-order valence-electron chi connectivity index (χ2n) is 4.46. The molecule has 0 amide bonds. The molecule has 1 saturated heterocycles. The standard InChI is InChI=1S/C9H12O3/c1-4-5-2-6-7(4)8(10)12-9(6,11)3-5/h4-7,11H,2-3H2,1H3. The lowest BCUT2D eigenvalue weighted by Crippen LogP contribution is -2.35. The summed E-state index contributed by atoms with van der Waals surface area (Å²) in [5.41, 5.74) is 0. The average molecular weight is 168 g/mol. The van der Waals surface area contributed by atoms with Crippen LogP contribution >= 0.6 is 0 Å². The summed E-state index contributed by atoms with van der Waals surface area (Å²) in [6, 6.07) is 0. The van der Waals surface area contributed by atoms with E-state index < -0.39 is 5.79 Å². The Bertz CT molecular complexity index is 262. The molecule has 2 saturated carbocycles. The van der Waals surface area contributed by atoms with Crippen molar-refractivity contribution in [3.8, 4) is 0 Å². The van der Waals surface area contributed by atoms with E-state index in [1.165, 1.54) is 0 Å². The molecule has 3 heteroatoms. The number of fused-ring (bicyclic) bond motifs is 1. The summed E-state index contributed by atoms with van der Waals surface area (Å²) in [5.74, 6) is -0.214. The Morgan fingerprint density at radius 2 is 2.42 bits per heavy atom. The number of aliphatic hydroxyl groups is 1. The molecular weight excluding hydrogens is 156 g/mol. The van der Waals surface area contributed by atoms with Gasteiger partial charge in [0.15, 0.2) is 0 Å². The number of hydrogen-bond donors (Lipinski definition) is 1. The lowest BCUT2D eigenvalue weighted by molar-refractivity contribution is -0.196. The average Bonchev–Trinajstić information content (AvgIpc) is 2.45. The Morgan fingerprint density at radius 1 is 1.67 bits per heavy atom. The number of hydrogen-bond acceptors (Lipinski definition) is 3. The van der Waals surface area contributed by atoms with Gasteiger partial charge < -0.3 is 9.84 Å². The Hall–Kier alpha value is -0.570. The highest BCUT2D eigenvalue weighted by atomic mass is 16.7. The van der Waals surface area contributed by atoms with Gasteiger partial charge in [-0.3, -0.25) is 4.79 Å². The Morgan fingerprint density at radius 3 is 3.00 bits per heavy atom. The molecule has 0 aromatic carbocycles. The Kier molecular flexibility index (Phi) is 0.971. The molecule has 5 unspecified atom stereocenters. The zero-order valence-corrected chi connectivity index (χ0v) is 6.99. The number of rotatable bonds is 0. The summed E-state index contributed by atoms with van der Waals surface area (Å²) < 4.78 is 5.01. The number of carbonyl (C=O) groups is 1. The van der Waals surface area contributed by atoms with E-state index in [2.05, 4.69) is 6.92 Å². The van der Waals surface area contributed by atoms with Gasteiger partial charge in [0.2, 0.25) is 5.79 Å². The summed E-state index contributed by atoms with van der Waals surface area (Å²) in [6.45, 7) is 2.10. The molecule has 3 rings (SSSR count). The summed E-state index contributed by atoms with van der Waals surface area (Å²) in [6.07, 6.45) is 1.65. The SMILES string of the molecule is CC1C2CC3C1C(=O)OC3(O)C2. The van der Waals surface area contributed by atoms with Gasteiger partial charge in [0.05, 0.1) is 5.92 Å². The second kappa shape index (κ2) is 1.69. The number of carbonyl (C=O) groups excluding carboxylic acids is 1. The number of ether oxygens (including phenoxy) is 1. The monoisotopic (exact) mass is 168 g/mol. The van der Waals surface area contributed by atoms with E-state index in [9.17, 15) is 9.90 Å². The van der Waals surface area contributed by atoms with Crippen LogP contribution in [-0.4, -0.2) is 16.9 Å². The van der Waals surface area contributed by atoms with Crippen molar-refractivity contribution < 1.29 is 14.6 Å². The highest BCUT2D eigenvalue weighted by Gasteiger charge is 2.68. The third-order valence-electron chi connectivity index (χ3n) is 3.98. The van der Waals surface area contributed by atoms with Crippen LogP contribution in [0, 0.1) is 23.7 Å². The summed E-state index contributed by atoms with van der Waals surface area (Å²) in [5, 5.41) is 9.88. The Labute approximate surface area is 70.7 Å². The summed E-state index contributed by atoms with van der Waals surface area (Å²) in [4.78, 5) is 11.3. The topological polar surface area (TPSA) is 46.5 Å². The fourth-order valence-corrected chi connectivity index (χ4v) is 3.35. The fraction of sp³-hybridized carbons (Fsp3) is 0.889. The molecule has 5 atom stereocenters. The zero-order chi connectivity index (χ0) is 8.51. The van der Waals surface area contributed by atoms with Gasteiger partial charge in [-0.25, -0.2) is 0 Å². The molecule has 12 heavy (non-hydrogen) atoms. The van der Waals surface area contributed by atoms with E-state index in [1.54, 1.807) is 0 Å². The quantitative estimate of drug-likeness (QED) is 0.536. The number of esters is 1. The van der Waals surface area contributed by atoms with Crippen molar-refractivity contribution in [3.63, 3.8) is 0 Å². The van der Waals surface area contributed by atoms with Crippen molar-refractivity contribution >= 4 is 5.97 Å². The first kappa shape index (κ1) is 6.89. The maximum absolute atomic E-state index is 11.3. The van der Waals surface area contributed by atoms with Crippen LogP contribution in [0.15, 0.2) is 0 Å². The van der Waals surface area contributed by atoms with Crippen LogP contribution in [-0.2, 0) is 9.53 Å². The van der Waals surface area contributed by atoms with Crippen molar-refractivity contribution in [2.24, 2.45) is 23.7 Å². The molecule has 3 nitrogen and oxygen atoms in total. The van der Waals surface area contributed by atoms with Gasteiger partial charge in [0.1, 0.15) is 0 Å². The van der Waals surface area contributed by atoms with Crippen molar-refractivity contribution in [3.05, 3.63) is 0 Å². The molecule has 1 N–H and O–H groups in total. The van der Waals surface area contributed by atoms with Crippen LogP contribution in [0.5, 0.6) is 0 Å². The molecule has 3 fully saturated rings. The first-order chi connectivity index (χ1) is 5.62. The van der Waals surface area contributed by atoms with Crippen LogP contribution in [0.4, 0.5) is 0 Å². The van der Waals surface area contributed by atoms with E-state index in [-0.39, 0.29) is 17.8 Å².